The van der Waals surface area contributed by atoms with Crippen molar-refractivity contribution in [2.75, 3.05) is 13.1 Å². The molecule has 180 valence electrons. The van der Waals surface area contributed by atoms with Gasteiger partial charge in [-0.05, 0) is 74.4 Å². The molecule has 0 radical (unpaired) electrons. The number of nitrogens with zero attached hydrogens (tertiary/aromatic N) is 1. The molecule has 6 N–H and O–H groups in total. The van der Waals surface area contributed by atoms with Crippen molar-refractivity contribution in [3.8, 4) is 0 Å². The van der Waals surface area contributed by atoms with E-state index in [4.69, 9.17) is 37.0 Å². The van der Waals surface area contributed by atoms with Crippen LogP contribution >= 0.6 is 23.4 Å². The van der Waals surface area contributed by atoms with Gasteiger partial charge in [0, 0.05) is 16.5 Å². The Morgan fingerprint density at radius 1 is 1.03 bits per heavy atom. The number of benzene rings is 1. The first kappa shape index (κ1) is 25.5. The van der Waals surface area contributed by atoms with Crippen LogP contribution in [0.1, 0.15) is 40.9 Å². The van der Waals surface area contributed by atoms with E-state index in [-0.39, 0.29) is 0 Å². The quantitative estimate of drug-likeness (QED) is 0.327. The molecule has 11 heteroatoms. The van der Waals surface area contributed by atoms with Crippen LogP contribution in [-0.4, -0.2) is 67.6 Å². The smallest absolute Gasteiger partial charge is 0.335 e. The number of aliphatic carboxylic acids is 2. The van der Waals surface area contributed by atoms with Crippen molar-refractivity contribution in [2.45, 2.75) is 61.6 Å². The number of carboxylic acid groups (broad SMARTS) is 2. The minimum Gasteiger partial charge on any atom is -0.479 e. The third-order valence-corrected chi connectivity index (χ3v) is 6.94. The summed E-state index contributed by atoms with van der Waals surface area (Å²) in [6.45, 7) is 2.10. The summed E-state index contributed by atoms with van der Waals surface area (Å²) in [7, 11) is 0. The second-order valence-corrected chi connectivity index (χ2v) is 9.31. The molecule has 2 aliphatic rings. The van der Waals surface area contributed by atoms with Crippen molar-refractivity contribution < 1.29 is 30.0 Å². The average molecular weight is 498 g/mol. The molecule has 1 aromatic carbocycles. The highest BCUT2D eigenvalue weighted by Gasteiger charge is 2.29. The van der Waals surface area contributed by atoms with Gasteiger partial charge in [-0.15, -0.1) is 0 Å². The number of hydrogen-bond acceptors (Lipinski definition) is 7. The average Bonchev–Trinajstić information content (AvgIpc) is 3.06. The van der Waals surface area contributed by atoms with E-state index in [9.17, 15) is 9.59 Å². The number of carboxylic acids is 2. The van der Waals surface area contributed by atoms with E-state index >= 15 is 0 Å². The molecule has 9 nitrogen and oxygen atoms in total. The first-order chi connectivity index (χ1) is 15.8. The molecule has 0 fully saturated rings. The van der Waals surface area contributed by atoms with Crippen molar-refractivity contribution in [2.24, 2.45) is 0 Å². The molecule has 33 heavy (non-hydrogen) atoms. The van der Waals surface area contributed by atoms with Crippen LogP contribution in [0, 0.1) is 0 Å². The molecule has 2 heterocycles. The van der Waals surface area contributed by atoms with Gasteiger partial charge in [0.2, 0.25) is 0 Å². The number of rotatable bonds is 6. The summed E-state index contributed by atoms with van der Waals surface area (Å²) < 4.78 is 0. The van der Waals surface area contributed by atoms with Gasteiger partial charge in [-0.25, -0.2) is 14.6 Å². The van der Waals surface area contributed by atoms with Crippen LogP contribution in [0.15, 0.2) is 17.3 Å². The number of aromatic amines is 1. The second-order valence-electron chi connectivity index (χ2n) is 7.94. The first-order valence-electron chi connectivity index (χ1n) is 10.8. The maximum Gasteiger partial charge on any atom is 0.335 e. The van der Waals surface area contributed by atoms with Crippen LogP contribution in [0.2, 0.25) is 5.02 Å². The lowest BCUT2D eigenvalue weighted by Crippen LogP contribution is -2.39. The van der Waals surface area contributed by atoms with Crippen LogP contribution in [0.3, 0.4) is 0 Å². The number of nitrogens with one attached hydrogen (secondary N) is 2. The Hall–Kier alpha value is -2.11. The monoisotopic (exact) mass is 497 g/mol. The number of hydrogen-bond donors (Lipinski definition) is 6. The van der Waals surface area contributed by atoms with Crippen molar-refractivity contribution in [1.82, 2.24) is 15.3 Å². The third kappa shape index (κ3) is 6.70. The number of aliphatic hydroxyl groups excluding tert-OH is 2. The molecular weight excluding hydrogens is 470 g/mol. The van der Waals surface area contributed by atoms with E-state index in [1.165, 1.54) is 40.9 Å². The lowest BCUT2D eigenvalue weighted by molar-refractivity contribution is -0.165. The van der Waals surface area contributed by atoms with E-state index in [0.29, 0.717) is 0 Å². The van der Waals surface area contributed by atoms with Gasteiger partial charge < -0.3 is 30.7 Å². The van der Waals surface area contributed by atoms with Gasteiger partial charge in [-0.2, -0.15) is 0 Å². The highest BCUT2D eigenvalue weighted by atomic mass is 35.5. The van der Waals surface area contributed by atoms with Crippen molar-refractivity contribution >= 4 is 35.3 Å². The summed E-state index contributed by atoms with van der Waals surface area (Å²) in [6.07, 6.45) is 2.46. The fourth-order valence-electron chi connectivity index (χ4n) is 3.88. The Bertz CT molecular complexity index is 957. The Kier molecular flexibility index (Phi) is 9.16. The highest BCUT2D eigenvalue weighted by molar-refractivity contribution is 7.98. The normalized spacial score (nSPS) is 16.9. The van der Waals surface area contributed by atoms with Crippen LogP contribution in [0.4, 0.5) is 0 Å². The number of carbonyl (C=O) groups is 2. The van der Waals surface area contributed by atoms with Gasteiger partial charge in [-0.3, -0.25) is 0 Å². The number of H-pyrrole nitrogens is 1. The van der Waals surface area contributed by atoms with E-state index in [2.05, 4.69) is 22.4 Å². The minimum atomic E-state index is -2.27. The van der Waals surface area contributed by atoms with Crippen molar-refractivity contribution in [3.63, 3.8) is 0 Å². The minimum absolute atomic E-state index is 0.897. The summed E-state index contributed by atoms with van der Waals surface area (Å²) in [5, 5.41) is 38.0. The van der Waals surface area contributed by atoms with Gasteiger partial charge in [0.15, 0.2) is 17.4 Å². The van der Waals surface area contributed by atoms with Crippen LogP contribution in [-0.2, 0) is 41.0 Å². The Balaban J connectivity index is 0.000000262. The SMILES string of the molecule is Clc1ccc2c(c1CSc1nc3c([nH]1)CCCC3)CCNCC2.O=C(O)C(O)C(O)C(=O)O. The van der Waals surface area contributed by atoms with Crippen molar-refractivity contribution in [1.29, 1.82) is 0 Å². The van der Waals surface area contributed by atoms with Gasteiger partial charge in [0.05, 0.1) is 5.69 Å². The molecule has 0 saturated carbocycles. The molecule has 0 amide bonds. The molecule has 2 aromatic rings. The number of aliphatic hydroxyl groups is 2. The summed E-state index contributed by atoms with van der Waals surface area (Å²) >= 11 is 8.31. The van der Waals surface area contributed by atoms with Gasteiger partial charge >= 0.3 is 11.9 Å². The highest BCUT2D eigenvalue weighted by Crippen LogP contribution is 2.32. The number of fused-ring (bicyclic) bond motifs is 2. The second kappa shape index (κ2) is 11.8. The van der Waals surface area contributed by atoms with Gasteiger partial charge in [-0.1, -0.05) is 29.4 Å². The largest absolute Gasteiger partial charge is 0.479 e. The van der Waals surface area contributed by atoms with Crippen LogP contribution in [0.5, 0.6) is 0 Å². The maximum absolute atomic E-state index is 9.77. The number of aryl methyl sites for hydroxylation is 2. The molecule has 2 atom stereocenters. The fraction of sp³-hybridized carbons (Fsp3) is 0.500. The van der Waals surface area contributed by atoms with E-state index in [0.717, 1.165) is 54.7 Å². The zero-order valence-electron chi connectivity index (χ0n) is 18.0. The number of imidazole rings is 1. The standard InChI is InChI=1S/C18H22ClN3S.C4H6O6/c19-15-6-5-12-7-9-20-10-8-13(12)14(15)11-23-18-21-16-3-1-2-4-17(16)22-18;5-1(3(7)8)2(6)4(9)10/h5-6,20H,1-4,7-11H2,(H,21,22);1-2,5-6H,(H,7,8)(H,9,10). The van der Waals surface area contributed by atoms with Crippen LogP contribution in [0.25, 0.3) is 0 Å². The zero-order chi connectivity index (χ0) is 24.0. The van der Waals surface area contributed by atoms with Crippen molar-refractivity contribution in [3.05, 3.63) is 45.2 Å². The Morgan fingerprint density at radius 2 is 1.70 bits per heavy atom. The molecule has 0 spiro atoms. The van der Waals surface area contributed by atoms with E-state index in [1.807, 2.05) is 0 Å². The predicted molar refractivity (Wildman–Crippen MR) is 124 cm³/mol. The molecule has 1 aliphatic heterocycles. The summed E-state index contributed by atoms with van der Waals surface area (Å²) in [4.78, 5) is 27.8. The lowest BCUT2D eigenvalue weighted by Gasteiger charge is -2.13. The third-order valence-electron chi connectivity index (χ3n) is 5.69. The molecular formula is C22H28ClN3O6S. The summed E-state index contributed by atoms with van der Waals surface area (Å²) in [5.74, 6) is -2.64. The molecule has 0 bridgehead atoms. The lowest BCUT2D eigenvalue weighted by atomic mass is 9.98. The predicted octanol–water partition coefficient (Wildman–Crippen LogP) is 1.80. The maximum atomic E-state index is 9.77. The first-order valence-corrected chi connectivity index (χ1v) is 12.2. The summed E-state index contributed by atoms with van der Waals surface area (Å²) in [6, 6.07) is 4.26. The summed E-state index contributed by atoms with van der Waals surface area (Å²) in [5.41, 5.74) is 6.83. The van der Waals surface area contributed by atoms with Gasteiger partial charge in [0.1, 0.15) is 0 Å². The fourth-order valence-corrected chi connectivity index (χ4v) is 5.19. The number of aromatic nitrogens is 2. The zero-order valence-corrected chi connectivity index (χ0v) is 19.6. The Morgan fingerprint density at radius 3 is 2.36 bits per heavy atom. The van der Waals surface area contributed by atoms with E-state index in [1.54, 1.807) is 11.8 Å². The van der Waals surface area contributed by atoms with Gasteiger partial charge in [0.25, 0.3) is 0 Å². The van der Waals surface area contributed by atoms with Crippen LogP contribution < -0.4 is 5.32 Å². The number of halogens is 1. The number of thioether (sulfide) groups is 1. The Labute approximate surface area is 200 Å². The molecule has 1 aromatic heterocycles. The topological polar surface area (TPSA) is 156 Å². The molecule has 0 saturated heterocycles. The van der Waals surface area contributed by atoms with E-state index < -0.39 is 24.1 Å². The molecule has 1 aliphatic carbocycles. The molecule has 4 rings (SSSR count). The molecule has 2 unspecified atom stereocenters.